The predicted octanol–water partition coefficient (Wildman–Crippen LogP) is -2.51. The number of hydrogen-bond acceptors (Lipinski definition) is 7. The van der Waals surface area contributed by atoms with E-state index < -0.39 is 6.29 Å². The van der Waals surface area contributed by atoms with Gasteiger partial charge in [-0.15, -0.1) is 0 Å². The maximum Gasteiger partial charge on any atom is 1.00 e. The van der Waals surface area contributed by atoms with Crippen molar-refractivity contribution in [3.63, 3.8) is 0 Å². The average molecular weight is 296 g/mol. The van der Waals surface area contributed by atoms with E-state index in [0.717, 1.165) is 0 Å². The zero-order valence-electron chi connectivity index (χ0n) is 11.0. The normalized spacial score (nSPS) is 10.4. The molecule has 0 saturated heterocycles. The molecule has 8 heteroatoms. The van der Waals surface area contributed by atoms with Crippen molar-refractivity contribution in [2.75, 3.05) is 24.7 Å². The van der Waals surface area contributed by atoms with Crippen molar-refractivity contribution in [2.24, 2.45) is 0 Å². The Balaban J connectivity index is 0.00000289. The molecular weight excluding hydrogens is 279 g/mol. The van der Waals surface area contributed by atoms with E-state index in [0.29, 0.717) is 25.2 Å². The topological polar surface area (TPSA) is 96.3 Å². The van der Waals surface area contributed by atoms with Crippen LogP contribution in [-0.2, 0) is 28.5 Å². The van der Waals surface area contributed by atoms with Crippen LogP contribution in [-0.4, -0.2) is 29.5 Å². The Morgan fingerprint density at radius 1 is 1.11 bits per heavy atom. The summed E-state index contributed by atoms with van der Waals surface area (Å²) < 4.78 is 10.8. The van der Waals surface area contributed by atoms with Gasteiger partial charge in [-0.05, 0) is 13.8 Å². The first kappa shape index (κ1) is 18.5. The number of rotatable bonds is 6. The third kappa shape index (κ3) is 5.62. The Morgan fingerprint density at radius 3 is 1.94 bits per heavy atom. The van der Waals surface area contributed by atoms with Crippen LogP contribution in [0.15, 0.2) is 5.16 Å². The van der Waals surface area contributed by atoms with Gasteiger partial charge in [0.05, 0.1) is 0 Å². The van der Waals surface area contributed by atoms with Crippen molar-refractivity contribution in [1.82, 2.24) is 9.97 Å². The maximum atomic E-state index is 5.75. The molecule has 0 aliphatic rings. The molecule has 6 nitrogen and oxygen atoms in total. The first-order chi connectivity index (χ1) is 8.08. The van der Waals surface area contributed by atoms with Gasteiger partial charge in [-0.2, -0.15) is 0 Å². The molecule has 18 heavy (non-hydrogen) atoms. The molecule has 1 rings (SSSR count). The third-order valence-corrected chi connectivity index (χ3v) is 2.31. The molecule has 0 spiro atoms. The Morgan fingerprint density at radius 2 is 1.56 bits per heavy atom. The molecule has 0 atom stereocenters. The number of nitrogen functional groups attached to an aromatic ring is 2. The Labute approximate surface area is 155 Å². The largest absolute Gasteiger partial charge is 1.00 e. The van der Waals surface area contributed by atoms with Crippen molar-refractivity contribution in [1.29, 1.82) is 0 Å². The molecule has 1 aromatic rings. The van der Waals surface area contributed by atoms with Crippen molar-refractivity contribution in [3.05, 3.63) is 5.56 Å². The van der Waals surface area contributed by atoms with E-state index in [9.17, 15) is 0 Å². The van der Waals surface area contributed by atoms with E-state index in [-0.39, 0.29) is 68.2 Å². The molecule has 0 saturated carbocycles. The fourth-order valence-corrected chi connectivity index (χ4v) is 1.61. The van der Waals surface area contributed by atoms with Crippen LogP contribution in [0.2, 0.25) is 0 Å². The molecule has 0 amide bonds. The smallest absolute Gasteiger partial charge is 0.740 e. The minimum absolute atomic E-state index is 0. The first-order valence-electron chi connectivity index (χ1n) is 5.40. The van der Waals surface area contributed by atoms with Crippen LogP contribution in [0.25, 0.3) is 0 Å². The summed E-state index contributed by atoms with van der Waals surface area (Å²) >= 11 is 4.82. The summed E-state index contributed by atoms with van der Waals surface area (Å²) in [6.45, 7) is 4.87. The van der Waals surface area contributed by atoms with Crippen molar-refractivity contribution >= 4 is 24.3 Å². The Hall–Kier alpha value is 0.456. The summed E-state index contributed by atoms with van der Waals surface area (Å²) in [7, 11) is 0. The zero-order chi connectivity index (χ0) is 12.8. The molecule has 96 valence electrons. The van der Waals surface area contributed by atoms with E-state index in [1.807, 2.05) is 13.8 Å². The Bertz CT molecular complexity index is 352. The fourth-order valence-electron chi connectivity index (χ4n) is 1.41. The van der Waals surface area contributed by atoms with Gasteiger partial charge in [-0.3, -0.25) is 0 Å². The fraction of sp³-hybridized carbons (Fsp3) is 0.600. The second-order valence-corrected chi connectivity index (χ2v) is 3.66. The molecule has 0 bridgehead atoms. The number of nitrogens with two attached hydrogens (primary N) is 2. The van der Waals surface area contributed by atoms with Crippen LogP contribution in [0.4, 0.5) is 11.6 Å². The minimum atomic E-state index is -0.394. The van der Waals surface area contributed by atoms with Crippen LogP contribution in [0, 0.1) is 0 Å². The number of anilines is 2. The number of ether oxygens (including phenoxy) is 2. The van der Waals surface area contributed by atoms with E-state index in [1.165, 1.54) is 0 Å². The summed E-state index contributed by atoms with van der Waals surface area (Å²) in [6.07, 6.45) is 0.0174. The molecule has 4 N–H and O–H groups in total. The Kier molecular flexibility index (Phi) is 9.61. The molecule has 0 unspecified atom stereocenters. The van der Waals surface area contributed by atoms with Crippen LogP contribution in [0.1, 0.15) is 19.4 Å². The molecule has 1 heterocycles. The predicted molar refractivity (Wildman–Crippen MR) is 67.2 cm³/mol. The average Bonchev–Trinajstić information content (AvgIpc) is 2.23. The van der Waals surface area contributed by atoms with E-state index in [1.54, 1.807) is 0 Å². The minimum Gasteiger partial charge on any atom is -0.740 e. The number of nitrogens with zero attached hydrogens (tertiary/aromatic N) is 2. The molecule has 0 aliphatic heterocycles. The summed E-state index contributed by atoms with van der Waals surface area (Å²) in [5.41, 5.74) is 12.1. The van der Waals surface area contributed by atoms with Gasteiger partial charge < -0.3 is 33.6 Å². The van der Waals surface area contributed by atoms with E-state index in [4.69, 9.17) is 33.6 Å². The molecule has 0 fully saturated rings. The van der Waals surface area contributed by atoms with Gasteiger partial charge in [0.15, 0.2) is 6.29 Å². The van der Waals surface area contributed by atoms with Crippen LogP contribution in [0.5, 0.6) is 0 Å². The number of hydrogen-bond donors (Lipinski definition) is 2. The second kappa shape index (κ2) is 9.37. The zero-order valence-corrected chi connectivity index (χ0v) is 14.9. The summed E-state index contributed by atoms with van der Waals surface area (Å²) in [4.78, 5) is 7.80. The summed E-state index contributed by atoms with van der Waals surface area (Å²) in [6, 6.07) is 0. The van der Waals surface area contributed by atoms with Crippen molar-refractivity contribution in [3.8, 4) is 0 Å². The maximum absolute atomic E-state index is 5.75. The van der Waals surface area contributed by atoms with Gasteiger partial charge >= 0.3 is 51.4 Å². The molecule has 0 radical (unpaired) electrons. The molecule has 0 aromatic carbocycles. The molecular formula is C10H17KN4O2S. The third-order valence-electron chi connectivity index (χ3n) is 2.13. The number of aromatic nitrogens is 2. The van der Waals surface area contributed by atoms with Crippen LogP contribution in [0.3, 0.4) is 0 Å². The summed E-state index contributed by atoms with van der Waals surface area (Å²) in [5.74, 6) is 0.568. The summed E-state index contributed by atoms with van der Waals surface area (Å²) in [5, 5.41) is 0.146. The van der Waals surface area contributed by atoms with Gasteiger partial charge in [-0.1, -0.05) is 0 Å². The first-order valence-corrected chi connectivity index (χ1v) is 5.81. The van der Waals surface area contributed by atoms with Gasteiger partial charge in [0.2, 0.25) is 0 Å². The van der Waals surface area contributed by atoms with Gasteiger partial charge in [0.1, 0.15) is 11.6 Å². The molecule has 1 aromatic heterocycles. The second-order valence-electron chi connectivity index (χ2n) is 3.30. The van der Waals surface area contributed by atoms with Gasteiger partial charge in [0.25, 0.3) is 0 Å². The van der Waals surface area contributed by atoms with Crippen LogP contribution < -0.4 is 62.9 Å². The van der Waals surface area contributed by atoms with Gasteiger partial charge in [-0.25, -0.2) is 9.97 Å². The van der Waals surface area contributed by atoms with E-state index in [2.05, 4.69) is 9.97 Å². The SMILES string of the molecule is CCOC(Cc1c(N)nc([S-])nc1N)OCC.[K+]. The monoisotopic (exact) mass is 296 g/mol. The quantitative estimate of drug-likeness (QED) is 0.259. The van der Waals surface area contributed by atoms with Crippen molar-refractivity contribution in [2.45, 2.75) is 31.7 Å². The molecule has 0 aliphatic carbocycles. The van der Waals surface area contributed by atoms with Crippen molar-refractivity contribution < 1.29 is 60.9 Å². The standard InChI is InChI=1S/C10H18N4O2S.K/c1-3-15-7(16-4-2)5-6-8(11)13-10(17)14-9(6)12;/h7H,3-5H2,1-2H3,(H5,11,12,13,14,17);/q;+1/p-1. The van der Waals surface area contributed by atoms with E-state index >= 15 is 0 Å². The van der Waals surface area contributed by atoms with Gasteiger partial charge in [0, 0.05) is 30.4 Å². The van der Waals surface area contributed by atoms with Crippen LogP contribution >= 0.6 is 0 Å².